The Morgan fingerprint density at radius 2 is 1.45 bits per heavy atom. The normalized spacial score (nSPS) is 30.7. The molecule has 0 aromatic carbocycles. The lowest BCUT2D eigenvalue weighted by Crippen LogP contribution is -2.46. The zero-order valence-corrected chi connectivity index (χ0v) is 17.0. The van der Waals surface area contributed by atoms with Crippen molar-refractivity contribution in [1.29, 1.82) is 0 Å². The molecule has 0 amide bonds. The van der Waals surface area contributed by atoms with Gasteiger partial charge in [-0.15, -0.1) is 0 Å². The topological polar surface area (TPSA) is 89.5 Å². The van der Waals surface area contributed by atoms with Crippen molar-refractivity contribution in [3.05, 3.63) is 12.2 Å². The second kappa shape index (κ2) is 8.34. The van der Waals surface area contributed by atoms with Crippen LogP contribution in [0.4, 0.5) is 0 Å². The molecule has 4 aliphatic rings. The van der Waals surface area contributed by atoms with Gasteiger partial charge >= 0.3 is 11.9 Å². The van der Waals surface area contributed by atoms with E-state index in [2.05, 4.69) is 6.58 Å². The Labute approximate surface area is 170 Å². The van der Waals surface area contributed by atoms with Gasteiger partial charge in [0, 0.05) is 31.3 Å². The number of rotatable bonds is 6. The maximum absolute atomic E-state index is 12.4. The van der Waals surface area contributed by atoms with Crippen LogP contribution in [0, 0.1) is 0 Å². The standard InChI is InChI=1S/C21H30O8/c1-14(2)19(23)24-13-17(22)27-18(15-11-25-20(28-15)7-3-4-8-20)16-12-26-21(29-16)9-5-6-10-21/h15-16,18H,1,3-13H2,2H3. The number of ether oxygens (including phenoxy) is 6. The van der Waals surface area contributed by atoms with E-state index in [1.165, 1.54) is 6.92 Å². The average Bonchev–Trinajstić information content (AvgIpc) is 3.49. The van der Waals surface area contributed by atoms with Crippen molar-refractivity contribution in [2.45, 2.75) is 88.2 Å². The first-order chi connectivity index (χ1) is 13.9. The molecule has 2 unspecified atom stereocenters. The Kier molecular flexibility index (Phi) is 5.97. The van der Waals surface area contributed by atoms with Crippen LogP contribution in [0.25, 0.3) is 0 Å². The molecular formula is C21H30O8. The number of carbonyl (C=O) groups excluding carboxylic acids is 2. The fourth-order valence-corrected chi connectivity index (χ4v) is 4.66. The Morgan fingerprint density at radius 1 is 0.966 bits per heavy atom. The summed E-state index contributed by atoms with van der Waals surface area (Å²) in [5, 5.41) is 0. The minimum atomic E-state index is -0.689. The van der Waals surface area contributed by atoms with Crippen LogP contribution in [0.3, 0.4) is 0 Å². The fraction of sp³-hybridized carbons (Fsp3) is 0.810. The van der Waals surface area contributed by atoms with Gasteiger partial charge in [0.2, 0.25) is 0 Å². The van der Waals surface area contributed by atoms with Gasteiger partial charge in [-0.25, -0.2) is 9.59 Å². The van der Waals surface area contributed by atoms with Gasteiger partial charge in [0.05, 0.1) is 13.2 Å². The van der Waals surface area contributed by atoms with E-state index in [-0.39, 0.29) is 5.57 Å². The van der Waals surface area contributed by atoms with Gasteiger partial charge in [-0.05, 0) is 32.6 Å². The molecule has 0 bridgehead atoms. The monoisotopic (exact) mass is 410 g/mol. The molecule has 0 aromatic rings. The molecule has 8 nitrogen and oxygen atoms in total. The van der Waals surface area contributed by atoms with E-state index in [9.17, 15) is 9.59 Å². The molecule has 4 fully saturated rings. The Bertz CT molecular complexity index is 613. The lowest BCUT2D eigenvalue weighted by atomic mass is 10.1. The van der Waals surface area contributed by atoms with Crippen molar-refractivity contribution in [3.8, 4) is 0 Å². The smallest absolute Gasteiger partial charge is 0.344 e. The predicted molar refractivity (Wildman–Crippen MR) is 99.7 cm³/mol. The van der Waals surface area contributed by atoms with E-state index in [1.807, 2.05) is 0 Å². The van der Waals surface area contributed by atoms with Crippen molar-refractivity contribution in [2.75, 3.05) is 19.8 Å². The highest BCUT2D eigenvalue weighted by molar-refractivity contribution is 5.88. The van der Waals surface area contributed by atoms with Crippen molar-refractivity contribution >= 4 is 11.9 Å². The predicted octanol–water partition coefficient (Wildman–Crippen LogP) is 2.39. The minimum absolute atomic E-state index is 0.223. The molecule has 2 aliphatic carbocycles. The Hall–Kier alpha value is -1.48. The third-order valence-corrected chi connectivity index (χ3v) is 6.15. The molecule has 0 aromatic heterocycles. The van der Waals surface area contributed by atoms with Gasteiger partial charge in [-0.1, -0.05) is 6.58 Å². The third kappa shape index (κ3) is 4.50. The molecule has 2 saturated carbocycles. The first kappa shape index (κ1) is 20.8. The molecule has 2 aliphatic heterocycles. The van der Waals surface area contributed by atoms with Crippen LogP contribution < -0.4 is 0 Å². The first-order valence-electron chi connectivity index (χ1n) is 10.6. The van der Waals surface area contributed by atoms with E-state index in [4.69, 9.17) is 28.4 Å². The minimum Gasteiger partial charge on any atom is -0.454 e. The maximum Gasteiger partial charge on any atom is 0.344 e. The summed E-state index contributed by atoms with van der Waals surface area (Å²) >= 11 is 0. The largest absolute Gasteiger partial charge is 0.454 e. The van der Waals surface area contributed by atoms with E-state index in [0.717, 1.165) is 51.4 Å². The van der Waals surface area contributed by atoms with Crippen LogP contribution in [0.1, 0.15) is 58.3 Å². The highest BCUT2D eigenvalue weighted by Gasteiger charge is 2.53. The van der Waals surface area contributed by atoms with Crippen molar-refractivity contribution in [3.63, 3.8) is 0 Å². The van der Waals surface area contributed by atoms with Crippen LogP contribution in [0.15, 0.2) is 12.2 Å². The summed E-state index contributed by atoms with van der Waals surface area (Å²) < 4.78 is 35.1. The van der Waals surface area contributed by atoms with Crippen LogP contribution in [0.5, 0.6) is 0 Å². The lowest BCUT2D eigenvalue weighted by molar-refractivity contribution is -0.208. The molecule has 0 N–H and O–H groups in total. The van der Waals surface area contributed by atoms with Crippen molar-refractivity contribution in [2.24, 2.45) is 0 Å². The molecular weight excluding hydrogens is 380 g/mol. The summed E-state index contributed by atoms with van der Waals surface area (Å²) in [6.45, 7) is 5.19. The van der Waals surface area contributed by atoms with Gasteiger partial charge in [-0.3, -0.25) is 0 Å². The molecule has 2 saturated heterocycles. The molecule has 0 radical (unpaired) electrons. The third-order valence-electron chi connectivity index (χ3n) is 6.15. The summed E-state index contributed by atoms with van der Waals surface area (Å²) in [5.74, 6) is -2.44. The summed E-state index contributed by atoms with van der Waals surface area (Å²) in [5.41, 5.74) is 0.223. The van der Waals surface area contributed by atoms with E-state index >= 15 is 0 Å². The summed E-state index contributed by atoms with van der Waals surface area (Å²) in [6.07, 6.45) is 6.00. The Balaban J connectivity index is 1.42. The highest BCUT2D eigenvalue weighted by Crippen LogP contribution is 2.44. The molecule has 2 spiro atoms. The van der Waals surface area contributed by atoms with Gasteiger partial charge in [0.25, 0.3) is 0 Å². The fourth-order valence-electron chi connectivity index (χ4n) is 4.66. The Morgan fingerprint density at radius 3 is 1.90 bits per heavy atom. The van der Waals surface area contributed by atoms with Gasteiger partial charge in [-0.2, -0.15) is 0 Å². The van der Waals surface area contributed by atoms with E-state index in [0.29, 0.717) is 13.2 Å². The molecule has 2 heterocycles. The second-order valence-corrected chi connectivity index (χ2v) is 8.48. The summed E-state index contributed by atoms with van der Waals surface area (Å²) in [6, 6.07) is 0. The second-order valence-electron chi connectivity index (χ2n) is 8.48. The van der Waals surface area contributed by atoms with Crippen LogP contribution >= 0.6 is 0 Å². The van der Waals surface area contributed by atoms with Crippen molar-refractivity contribution < 1.29 is 38.0 Å². The maximum atomic E-state index is 12.4. The average molecular weight is 410 g/mol. The summed E-state index contributed by atoms with van der Waals surface area (Å²) in [4.78, 5) is 24.0. The molecule has 162 valence electrons. The number of carbonyl (C=O) groups is 2. The lowest BCUT2D eigenvalue weighted by Gasteiger charge is -2.30. The zero-order chi connectivity index (χ0) is 20.5. The van der Waals surface area contributed by atoms with Gasteiger partial charge in [0.1, 0.15) is 12.2 Å². The molecule has 4 rings (SSSR count). The molecule has 29 heavy (non-hydrogen) atoms. The van der Waals surface area contributed by atoms with E-state index in [1.54, 1.807) is 0 Å². The zero-order valence-electron chi connectivity index (χ0n) is 17.0. The van der Waals surface area contributed by atoms with Crippen molar-refractivity contribution in [1.82, 2.24) is 0 Å². The van der Waals surface area contributed by atoms with Crippen LogP contribution in [0.2, 0.25) is 0 Å². The molecule has 8 heteroatoms. The van der Waals surface area contributed by atoms with Gasteiger partial charge in [0.15, 0.2) is 24.3 Å². The quantitative estimate of drug-likeness (QED) is 0.487. The number of hydrogen-bond acceptors (Lipinski definition) is 8. The van der Waals surface area contributed by atoms with Crippen LogP contribution in [-0.4, -0.2) is 61.6 Å². The highest BCUT2D eigenvalue weighted by atomic mass is 16.8. The summed E-state index contributed by atoms with van der Waals surface area (Å²) in [7, 11) is 0. The van der Waals surface area contributed by atoms with Gasteiger partial charge < -0.3 is 28.4 Å². The van der Waals surface area contributed by atoms with E-state index < -0.39 is 48.4 Å². The molecule has 2 atom stereocenters. The first-order valence-corrected chi connectivity index (χ1v) is 10.6. The number of esters is 2. The SMILES string of the molecule is C=C(C)C(=O)OCC(=O)OC(C1COC2(CCCC2)O1)C1COC2(CCCC2)O1. The van der Waals surface area contributed by atoms with Crippen LogP contribution in [-0.2, 0) is 38.0 Å². The number of hydrogen-bond donors (Lipinski definition) is 0.